The zero-order valence-electron chi connectivity index (χ0n) is 50.3. The standard InChI is InChI=1S/C69H126O6/c1-4-7-10-13-16-19-21-23-25-27-29-31-32-33-34-35-36-38-39-41-43-45-47-50-53-56-59-62-68(71)74-65-66(64-73-67(70)61-58-55-52-49-18-15-12-9-6-3)75-69(72)63-60-57-54-51-48-46-44-42-40-37-30-28-26-24-22-20-17-14-11-8-5-2/h21,23,27-30,32-33,66H,4-20,22,24-26,31,34-65H2,1-3H3/b23-21-,29-27-,30-28-,33-32-. The van der Waals surface area contributed by atoms with E-state index in [9.17, 15) is 14.4 Å². The number of carbonyl (C=O) groups is 3. The van der Waals surface area contributed by atoms with Gasteiger partial charge in [-0.3, -0.25) is 14.4 Å². The summed E-state index contributed by atoms with van der Waals surface area (Å²) >= 11 is 0. The van der Waals surface area contributed by atoms with Crippen LogP contribution in [-0.2, 0) is 28.6 Å². The van der Waals surface area contributed by atoms with E-state index in [1.807, 2.05) is 0 Å². The molecule has 0 aromatic rings. The van der Waals surface area contributed by atoms with Crippen LogP contribution in [0.2, 0.25) is 0 Å². The van der Waals surface area contributed by atoms with Gasteiger partial charge in [-0.25, -0.2) is 0 Å². The third-order valence-electron chi connectivity index (χ3n) is 14.8. The van der Waals surface area contributed by atoms with Crippen molar-refractivity contribution in [1.82, 2.24) is 0 Å². The summed E-state index contributed by atoms with van der Waals surface area (Å²) in [5.41, 5.74) is 0. The van der Waals surface area contributed by atoms with Crippen molar-refractivity contribution >= 4 is 17.9 Å². The van der Waals surface area contributed by atoms with Gasteiger partial charge in [-0.1, -0.05) is 301 Å². The van der Waals surface area contributed by atoms with Crippen LogP contribution in [0.15, 0.2) is 48.6 Å². The monoisotopic (exact) mass is 1050 g/mol. The average Bonchev–Trinajstić information content (AvgIpc) is 3.41. The van der Waals surface area contributed by atoms with Crippen molar-refractivity contribution in [2.45, 2.75) is 361 Å². The molecule has 0 fully saturated rings. The molecule has 0 aromatic carbocycles. The third-order valence-corrected chi connectivity index (χ3v) is 14.8. The van der Waals surface area contributed by atoms with E-state index in [-0.39, 0.29) is 31.1 Å². The fraction of sp³-hybridized carbons (Fsp3) is 0.841. The van der Waals surface area contributed by atoms with Crippen molar-refractivity contribution in [3.05, 3.63) is 48.6 Å². The van der Waals surface area contributed by atoms with E-state index in [0.29, 0.717) is 19.3 Å². The number of allylic oxidation sites excluding steroid dienone is 8. The zero-order chi connectivity index (χ0) is 54.3. The normalized spacial score (nSPS) is 12.3. The Kier molecular flexibility index (Phi) is 61.7. The summed E-state index contributed by atoms with van der Waals surface area (Å²) in [6, 6.07) is 0. The molecular formula is C69H126O6. The highest BCUT2D eigenvalue weighted by molar-refractivity contribution is 5.71. The van der Waals surface area contributed by atoms with Crippen molar-refractivity contribution in [2.24, 2.45) is 0 Å². The molecule has 0 aliphatic carbocycles. The highest BCUT2D eigenvalue weighted by Crippen LogP contribution is 2.17. The molecule has 0 saturated heterocycles. The van der Waals surface area contributed by atoms with Crippen LogP contribution in [0.1, 0.15) is 355 Å². The van der Waals surface area contributed by atoms with Gasteiger partial charge in [0.15, 0.2) is 6.10 Å². The zero-order valence-corrected chi connectivity index (χ0v) is 50.3. The number of rotatable bonds is 61. The Labute approximate surface area is 467 Å². The van der Waals surface area contributed by atoms with E-state index in [2.05, 4.69) is 69.4 Å². The second kappa shape index (κ2) is 63.9. The summed E-state index contributed by atoms with van der Waals surface area (Å²) in [5.74, 6) is -0.858. The van der Waals surface area contributed by atoms with Gasteiger partial charge in [0.2, 0.25) is 0 Å². The second-order valence-electron chi connectivity index (χ2n) is 22.4. The SMILES string of the molecule is CCCCCCC/C=C\C/C=C\C/C=C\CCCCCCCCCCCCCCC(=O)OCC(COC(=O)CCCCCCCCCCC)OC(=O)CCCCCCCCCCC/C=C\CCCCCCCCCC. The number of unbranched alkanes of at least 4 members (excludes halogenated alkanes) is 42. The smallest absolute Gasteiger partial charge is 0.306 e. The molecule has 0 rings (SSSR count). The Morgan fingerprint density at radius 3 is 0.760 bits per heavy atom. The molecule has 0 spiro atoms. The minimum absolute atomic E-state index is 0.0707. The minimum Gasteiger partial charge on any atom is -0.462 e. The first-order valence-corrected chi connectivity index (χ1v) is 33.1. The first-order valence-electron chi connectivity index (χ1n) is 33.1. The van der Waals surface area contributed by atoms with E-state index in [0.717, 1.165) is 70.6 Å². The first kappa shape index (κ1) is 72.4. The fourth-order valence-electron chi connectivity index (χ4n) is 9.80. The topological polar surface area (TPSA) is 78.9 Å². The van der Waals surface area contributed by atoms with Gasteiger partial charge >= 0.3 is 17.9 Å². The number of ether oxygens (including phenoxy) is 3. The van der Waals surface area contributed by atoms with E-state index >= 15 is 0 Å². The molecule has 0 saturated carbocycles. The van der Waals surface area contributed by atoms with Crippen molar-refractivity contribution in [3.63, 3.8) is 0 Å². The van der Waals surface area contributed by atoms with Gasteiger partial charge in [-0.2, -0.15) is 0 Å². The molecule has 0 radical (unpaired) electrons. The highest BCUT2D eigenvalue weighted by atomic mass is 16.6. The quantitative estimate of drug-likeness (QED) is 0.0261. The maximum Gasteiger partial charge on any atom is 0.306 e. The van der Waals surface area contributed by atoms with Crippen LogP contribution in [0.3, 0.4) is 0 Å². The van der Waals surface area contributed by atoms with Crippen molar-refractivity contribution in [1.29, 1.82) is 0 Å². The predicted octanol–water partition coefficient (Wildman–Crippen LogP) is 22.6. The highest BCUT2D eigenvalue weighted by Gasteiger charge is 2.19. The summed E-state index contributed by atoms with van der Waals surface area (Å²) in [7, 11) is 0. The van der Waals surface area contributed by atoms with E-state index < -0.39 is 6.10 Å². The van der Waals surface area contributed by atoms with Gasteiger partial charge in [-0.05, 0) is 83.5 Å². The van der Waals surface area contributed by atoms with Crippen LogP contribution in [0.25, 0.3) is 0 Å². The van der Waals surface area contributed by atoms with Gasteiger partial charge in [0, 0.05) is 19.3 Å². The Balaban J connectivity index is 4.17. The van der Waals surface area contributed by atoms with Gasteiger partial charge in [0.05, 0.1) is 0 Å². The summed E-state index contributed by atoms with van der Waals surface area (Å²) in [6.45, 7) is 6.65. The fourth-order valence-corrected chi connectivity index (χ4v) is 9.80. The van der Waals surface area contributed by atoms with E-state index in [4.69, 9.17) is 14.2 Å². The molecule has 0 aromatic heterocycles. The molecule has 6 nitrogen and oxygen atoms in total. The van der Waals surface area contributed by atoms with Crippen LogP contribution in [0.4, 0.5) is 0 Å². The van der Waals surface area contributed by atoms with Gasteiger partial charge in [0.25, 0.3) is 0 Å². The van der Waals surface area contributed by atoms with Crippen molar-refractivity contribution < 1.29 is 28.6 Å². The molecule has 0 bridgehead atoms. The molecule has 1 atom stereocenters. The van der Waals surface area contributed by atoms with Crippen LogP contribution >= 0.6 is 0 Å². The molecule has 1 unspecified atom stereocenters. The Hall–Kier alpha value is -2.63. The third kappa shape index (κ3) is 62.1. The second-order valence-corrected chi connectivity index (χ2v) is 22.4. The first-order chi connectivity index (χ1) is 37.0. The lowest BCUT2D eigenvalue weighted by Crippen LogP contribution is -2.30. The predicted molar refractivity (Wildman–Crippen MR) is 325 cm³/mol. The number of hydrogen-bond donors (Lipinski definition) is 0. The maximum absolute atomic E-state index is 12.9. The molecule has 75 heavy (non-hydrogen) atoms. The molecule has 6 heteroatoms. The molecule has 0 N–H and O–H groups in total. The number of hydrogen-bond acceptors (Lipinski definition) is 6. The minimum atomic E-state index is -0.772. The van der Waals surface area contributed by atoms with Crippen LogP contribution in [-0.4, -0.2) is 37.2 Å². The number of esters is 3. The summed E-state index contributed by atoms with van der Waals surface area (Å²) in [4.78, 5) is 38.2. The van der Waals surface area contributed by atoms with Crippen molar-refractivity contribution in [2.75, 3.05) is 13.2 Å². The molecular weight excluding hydrogens is 925 g/mol. The summed E-state index contributed by atoms with van der Waals surface area (Å²) < 4.78 is 16.9. The Bertz CT molecular complexity index is 1300. The van der Waals surface area contributed by atoms with Gasteiger partial charge in [-0.15, -0.1) is 0 Å². The molecule has 0 amide bonds. The lowest BCUT2D eigenvalue weighted by Gasteiger charge is -2.18. The largest absolute Gasteiger partial charge is 0.462 e. The Morgan fingerprint density at radius 1 is 0.267 bits per heavy atom. The van der Waals surface area contributed by atoms with Crippen LogP contribution < -0.4 is 0 Å². The van der Waals surface area contributed by atoms with Crippen LogP contribution in [0.5, 0.6) is 0 Å². The van der Waals surface area contributed by atoms with E-state index in [1.165, 1.54) is 244 Å². The molecule has 0 heterocycles. The lowest BCUT2D eigenvalue weighted by molar-refractivity contribution is -0.167. The summed E-state index contributed by atoms with van der Waals surface area (Å²) in [5, 5.41) is 0. The average molecular weight is 1050 g/mol. The Morgan fingerprint density at radius 2 is 0.480 bits per heavy atom. The van der Waals surface area contributed by atoms with E-state index in [1.54, 1.807) is 0 Å². The number of carbonyl (C=O) groups excluding carboxylic acids is 3. The van der Waals surface area contributed by atoms with Gasteiger partial charge in [0.1, 0.15) is 13.2 Å². The lowest BCUT2D eigenvalue weighted by atomic mass is 10.0. The molecule has 438 valence electrons. The van der Waals surface area contributed by atoms with Crippen molar-refractivity contribution in [3.8, 4) is 0 Å². The van der Waals surface area contributed by atoms with Gasteiger partial charge < -0.3 is 14.2 Å². The maximum atomic E-state index is 12.9. The molecule has 0 aliphatic rings. The summed E-state index contributed by atoms with van der Waals surface area (Å²) in [6.07, 6.45) is 79.9. The van der Waals surface area contributed by atoms with Crippen LogP contribution in [0, 0.1) is 0 Å². The molecule has 0 aliphatic heterocycles.